The normalized spacial score (nSPS) is 10.8. The highest BCUT2D eigenvalue weighted by Crippen LogP contribution is 2.41. The van der Waals surface area contributed by atoms with Crippen molar-refractivity contribution in [3.63, 3.8) is 0 Å². The Morgan fingerprint density at radius 2 is 1.74 bits per heavy atom. The number of anilines is 2. The van der Waals surface area contributed by atoms with Crippen LogP contribution in [0.25, 0.3) is 0 Å². The summed E-state index contributed by atoms with van der Waals surface area (Å²) in [4.78, 5) is 19.5. The van der Waals surface area contributed by atoms with Crippen molar-refractivity contribution in [2.45, 2.75) is 19.3 Å². The van der Waals surface area contributed by atoms with E-state index in [-0.39, 0.29) is 5.91 Å². The van der Waals surface area contributed by atoms with Gasteiger partial charge in [-0.05, 0) is 43.7 Å². The molecule has 0 saturated carbocycles. The first-order valence-corrected chi connectivity index (χ1v) is 10.3. The molecule has 160 valence electrons. The lowest BCUT2D eigenvalue weighted by atomic mass is 9.86. The van der Waals surface area contributed by atoms with Gasteiger partial charge in [-0.1, -0.05) is 6.07 Å². The molecule has 0 aliphatic heterocycles. The first kappa shape index (κ1) is 22.1. The molecule has 3 rings (SSSR count). The molecule has 1 heterocycles. The maximum atomic E-state index is 13.5. The van der Waals surface area contributed by atoms with Gasteiger partial charge in [-0.15, -0.1) is 11.3 Å². The molecule has 8 heteroatoms. The highest BCUT2D eigenvalue weighted by atomic mass is 32.1. The standard InChI is InChI=1S/C23H23N3O4S/c1-23(2,13-24)15-6-8-17(19(10-15)29-4)26(22(27)21-12-25-14-31-21)16-7-9-18(28-3)20(11-16)30-5/h6-12,14H,1-5H3. The zero-order valence-corrected chi connectivity index (χ0v) is 18.8. The van der Waals surface area contributed by atoms with E-state index in [4.69, 9.17) is 14.2 Å². The Kier molecular flexibility index (Phi) is 6.47. The number of nitrogens with zero attached hydrogens (tertiary/aromatic N) is 3. The summed E-state index contributed by atoms with van der Waals surface area (Å²) in [7, 11) is 4.62. The van der Waals surface area contributed by atoms with Crippen molar-refractivity contribution in [2.24, 2.45) is 0 Å². The Bertz CT molecular complexity index is 1120. The average Bonchev–Trinajstić information content (AvgIpc) is 3.34. The van der Waals surface area contributed by atoms with Crippen LogP contribution in [0, 0.1) is 11.3 Å². The number of nitriles is 1. The monoisotopic (exact) mass is 437 g/mol. The van der Waals surface area contributed by atoms with Gasteiger partial charge in [0.05, 0.1) is 55.9 Å². The molecule has 0 atom stereocenters. The van der Waals surface area contributed by atoms with Gasteiger partial charge in [0.15, 0.2) is 11.5 Å². The number of carbonyl (C=O) groups excluding carboxylic acids is 1. The van der Waals surface area contributed by atoms with Crippen LogP contribution in [0.1, 0.15) is 29.1 Å². The second kappa shape index (κ2) is 9.06. The fourth-order valence-electron chi connectivity index (χ4n) is 3.08. The molecule has 7 nitrogen and oxygen atoms in total. The second-order valence-electron chi connectivity index (χ2n) is 7.17. The van der Waals surface area contributed by atoms with Crippen LogP contribution in [0.5, 0.6) is 17.2 Å². The molecule has 1 amide bonds. The van der Waals surface area contributed by atoms with Crippen LogP contribution in [0.15, 0.2) is 48.1 Å². The zero-order valence-electron chi connectivity index (χ0n) is 18.0. The van der Waals surface area contributed by atoms with E-state index in [1.54, 1.807) is 43.0 Å². The van der Waals surface area contributed by atoms with Crippen LogP contribution in [-0.4, -0.2) is 32.2 Å². The third-order valence-corrected chi connectivity index (χ3v) is 5.65. The SMILES string of the molecule is COc1ccc(N(C(=O)c2cncs2)c2ccc(C(C)(C)C#N)cc2OC)cc1OC. The Labute approximate surface area is 185 Å². The summed E-state index contributed by atoms with van der Waals surface area (Å²) < 4.78 is 16.4. The number of carbonyl (C=O) groups is 1. The van der Waals surface area contributed by atoms with Crippen molar-refractivity contribution in [1.82, 2.24) is 4.98 Å². The molecule has 0 aliphatic carbocycles. The fourth-order valence-corrected chi connectivity index (χ4v) is 3.63. The van der Waals surface area contributed by atoms with Crippen molar-refractivity contribution >= 4 is 28.6 Å². The number of hydrogen-bond donors (Lipinski definition) is 0. The van der Waals surface area contributed by atoms with E-state index in [0.717, 1.165) is 5.56 Å². The summed E-state index contributed by atoms with van der Waals surface area (Å²) in [5, 5.41) is 9.50. The molecule has 2 aromatic carbocycles. The number of aromatic nitrogens is 1. The van der Waals surface area contributed by atoms with Gasteiger partial charge in [0, 0.05) is 6.07 Å². The van der Waals surface area contributed by atoms with E-state index in [0.29, 0.717) is 33.5 Å². The molecule has 0 fully saturated rings. The highest BCUT2D eigenvalue weighted by Gasteiger charge is 2.27. The van der Waals surface area contributed by atoms with Crippen LogP contribution in [0.3, 0.4) is 0 Å². The maximum absolute atomic E-state index is 13.5. The van der Waals surface area contributed by atoms with Gasteiger partial charge in [-0.3, -0.25) is 14.7 Å². The average molecular weight is 438 g/mol. The second-order valence-corrected chi connectivity index (χ2v) is 8.06. The molecule has 0 radical (unpaired) electrons. The number of benzene rings is 2. The summed E-state index contributed by atoms with van der Waals surface area (Å²) in [5.41, 5.74) is 2.79. The van der Waals surface area contributed by atoms with E-state index < -0.39 is 5.41 Å². The molecule has 0 N–H and O–H groups in total. The number of rotatable bonds is 7. The Morgan fingerprint density at radius 3 is 2.32 bits per heavy atom. The van der Waals surface area contributed by atoms with Crippen LogP contribution >= 0.6 is 11.3 Å². The minimum absolute atomic E-state index is 0.264. The predicted molar refractivity (Wildman–Crippen MR) is 120 cm³/mol. The van der Waals surface area contributed by atoms with Gasteiger partial charge in [0.2, 0.25) is 0 Å². The summed E-state index contributed by atoms with van der Waals surface area (Å²) in [5.74, 6) is 1.24. The third kappa shape index (κ3) is 4.32. The largest absolute Gasteiger partial charge is 0.495 e. The number of thiazole rings is 1. The molecule has 0 unspecified atom stereocenters. The molecule has 31 heavy (non-hydrogen) atoms. The number of hydrogen-bond acceptors (Lipinski definition) is 7. The van der Waals surface area contributed by atoms with E-state index >= 15 is 0 Å². The lowest BCUT2D eigenvalue weighted by Crippen LogP contribution is -2.26. The van der Waals surface area contributed by atoms with E-state index in [1.165, 1.54) is 36.7 Å². The number of amides is 1. The fraction of sp³-hybridized carbons (Fsp3) is 0.261. The van der Waals surface area contributed by atoms with Gasteiger partial charge >= 0.3 is 0 Å². The quantitative estimate of drug-likeness (QED) is 0.520. The topological polar surface area (TPSA) is 84.7 Å². The summed E-state index contributed by atoms with van der Waals surface area (Å²) in [6.07, 6.45) is 1.53. The smallest absolute Gasteiger partial charge is 0.274 e. The zero-order chi connectivity index (χ0) is 22.6. The lowest BCUT2D eigenvalue weighted by Gasteiger charge is -2.26. The molecule has 0 bridgehead atoms. The van der Waals surface area contributed by atoms with Crippen LogP contribution in [0.4, 0.5) is 11.4 Å². The minimum Gasteiger partial charge on any atom is -0.495 e. The van der Waals surface area contributed by atoms with E-state index in [1.807, 2.05) is 19.9 Å². The molecule has 1 aromatic heterocycles. The molecular formula is C23H23N3O4S. The van der Waals surface area contributed by atoms with Gasteiger partial charge in [-0.25, -0.2) is 0 Å². The summed E-state index contributed by atoms with van der Waals surface area (Å²) in [6, 6.07) is 12.9. The predicted octanol–water partition coefficient (Wildman–Crippen LogP) is 4.95. The molecule has 3 aromatic rings. The summed E-state index contributed by atoms with van der Waals surface area (Å²) >= 11 is 1.25. The van der Waals surface area contributed by atoms with Crippen LogP contribution < -0.4 is 19.1 Å². The highest BCUT2D eigenvalue weighted by molar-refractivity contribution is 7.11. The van der Waals surface area contributed by atoms with Crippen LogP contribution in [0.2, 0.25) is 0 Å². The minimum atomic E-state index is -0.707. The van der Waals surface area contributed by atoms with E-state index in [2.05, 4.69) is 11.1 Å². The first-order valence-electron chi connectivity index (χ1n) is 9.41. The third-order valence-electron chi connectivity index (χ3n) is 4.89. The van der Waals surface area contributed by atoms with Gasteiger partial charge < -0.3 is 14.2 Å². The van der Waals surface area contributed by atoms with E-state index in [9.17, 15) is 10.1 Å². The molecule has 0 spiro atoms. The first-order chi connectivity index (χ1) is 14.9. The van der Waals surface area contributed by atoms with Crippen molar-refractivity contribution < 1.29 is 19.0 Å². The maximum Gasteiger partial charge on any atom is 0.274 e. The Morgan fingerprint density at radius 1 is 1.03 bits per heavy atom. The lowest BCUT2D eigenvalue weighted by molar-refractivity contribution is 0.100. The number of methoxy groups -OCH3 is 3. The van der Waals surface area contributed by atoms with Gasteiger partial charge in [0.25, 0.3) is 5.91 Å². The van der Waals surface area contributed by atoms with Gasteiger partial charge in [0.1, 0.15) is 10.6 Å². The Balaban J connectivity index is 2.21. The van der Waals surface area contributed by atoms with Crippen molar-refractivity contribution in [3.05, 3.63) is 58.5 Å². The van der Waals surface area contributed by atoms with Crippen LogP contribution in [-0.2, 0) is 5.41 Å². The summed E-state index contributed by atoms with van der Waals surface area (Å²) in [6.45, 7) is 3.66. The Hall–Kier alpha value is -3.57. The van der Waals surface area contributed by atoms with Crippen molar-refractivity contribution in [2.75, 3.05) is 26.2 Å². The molecule has 0 aliphatic rings. The van der Waals surface area contributed by atoms with Crippen molar-refractivity contribution in [1.29, 1.82) is 5.26 Å². The van der Waals surface area contributed by atoms with Gasteiger partial charge in [-0.2, -0.15) is 5.26 Å². The molecule has 0 saturated heterocycles. The number of ether oxygens (including phenoxy) is 3. The van der Waals surface area contributed by atoms with Crippen molar-refractivity contribution in [3.8, 4) is 23.3 Å². The molecular weight excluding hydrogens is 414 g/mol.